The van der Waals surface area contributed by atoms with Crippen molar-refractivity contribution in [3.63, 3.8) is 0 Å². The Morgan fingerprint density at radius 1 is 1.15 bits per heavy atom. The first-order chi connectivity index (χ1) is 12.8. The van der Waals surface area contributed by atoms with E-state index < -0.39 is 10.0 Å². The van der Waals surface area contributed by atoms with E-state index in [1.807, 2.05) is 19.1 Å². The van der Waals surface area contributed by atoms with Crippen molar-refractivity contribution >= 4 is 27.7 Å². The fourth-order valence-corrected chi connectivity index (χ4v) is 4.51. The highest BCUT2D eigenvalue weighted by Gasteiger charge is 2.13. The maximum Gasteiger partial charge on any atom is 0.251 e. The van der Waals surface area contributed by atoms with Crippen LogP contribution >= 0.6 is 11.8 Å². The minimum absolute atomic E-state index is 0.0628. The Morgan fingerprint density at radius 3 is 2.44 bits per heavy atom. The topological polar surface area (TPSA) is 88.2 Å². The lowest BCUT2D eigenvalue weighted by Gasteiger charge is -2.10. The summed E-state index contributed by atoms with van der Waals surface area (Å²) in [4.78, 5) is 16.5. The fraction of sp³-hybridized carbons (Fsp3) is 0.368. The molecule has 6 nitrogen and oxygen atoms in total. The maximum absolute atomic E-state index is 12.3. The number of carbonyl (C=O) groups is 1. The quantitative estimate of drug-likeness (QED) is 0.624. The lowest BCUT2D eigenvalue weighted by Crippen LogP contribution is -2.31. The highest BCUT2D eigenvalue weighted by atomic mass is 32.2. The van der Waals surface area contributed by atoms with Crippen LogP contribution in [0.2, 0.25) is 0 Å². The molecule has 0 aliphatic heterocycles. The first-order valence-electron chi connectivity index (χ1n) is 8.74. The summed E-state index contributed by atoms with van der Waals surface area (Å²) >= 11 is 1.59. The van der Waals surface area contributed by atoms with E-state index in [2.05, 4.69) is 15.0 Å². The predicted molar refractivity (Wildman–Crippen MR) is 109 cm³/mol. The Labute approximate surface area is 165 Å². The highest BCUT2D eigenvalue weighted by Crippen LogP contribution is 2.15. The van der Waals surface area contributed by atoms with Crippen molar-refractivity contribution < 1.29 is 13.2 Å². The zero-order valence-corrected chi connectivity index (χ0v) is 17.4. The number of aromatic nitrogens is 1. The van der Waals surface area contributed by atoms with Gasteiger partial charge in [0, 0.05) is 24.3 Å². The summed E-state index contributed by atoms with van der Waals surface area (Å²) in [5.41, 5.74) is 2.18. The van der Waals surface area contributed by atoms with Crippen LogP contribution in [0.4, 0.5) is 0 Å². The summed E-state index contributed by atoms with van der Waals surface area (Å²) in [6.07, 6.45) is 1.63. The van der Waals surface area contributed by atoms with Crippen molar-refractivity contribution in [1.29, 1.82) is 0 Å². The maximum atomic E-state index is 12.3. The molecule has 1 aromatic carbocycles. The number of nitrogens with one attached hydrogen (secondary N) is 2. The average molecular weight is 408 g/mol. The van der Waals surface area contributed by atoms with Crippen LogP contribution in [0.3, 0.4) is 0 Å². The molecule has 1 amide bonds. The lowest BCUT2D eigenvalue weighted by molar-refractivity contribution is 0.0950. The molecule has 0 fully saturated rings. The number of nitrogens with zero attached hydrogens (tertiary/aromatic N) is 1. The number of carbonyl (C=O) groups excluding carboxylic acids is 1. The number of amides is 1. The van der Waals surface area contributed by atoms with Gasteiger partial charge in [0.05, 0.1) is 10.8 Å². The molecule has 0 aliphatic carbocycles. The van der Waals surface area contributed by atoms with Crippen LogP contribution < -0.4 is 10.0 Å². The van der Waals surface area contributed by atoms with E-state index >= 15 is 0 Å². The molecule has 0 atom stereocenters. The molecule has 0 spiro atoms. The number of sulfonamides is 1. The Hall–Kier alpha value is -1.90. The molecular weight excluding hydrogens is 382 g/mol. The second-order valence-electron chi connectivity index (χ2n) is 6.35. The van der Waals surface area contributed by atoms with E-state index in [1.165, 1.54) is 0 Å². The van der Waals surface area contributed by atoms with Crippen molar-refractivity contribution in [2.24, 2.45) is 0 Å². The lowest BCUT2D eigenvalue weighted by atomic mass is 10.1. The van der Waals surface area contributed by atoms with Gasteiger partial charge in [-0.05, 0) is 42.9 Å². The van der Waals surface area contributed by atoms with Crippen LogP contribution in [0.15, 0.2) is 47.6 Å². The molecule has 8 heteroatoms. The third kappa shape index (κ3) is 7.32. The van der Waals surface area contributed by atoms with Crippen LogP contribution in [0.25, 0.3) is 0 Å². The molecule has 0 bridgehead atoms. The van der Waals surface area contributed by atoms with E-state index in [4.69, 9.17) is 0 Å². The van der Waals surface area contributed by atoms with Gasteiger partial charge in [-0.15, -0.1) is 11.8 Å². The molecule has 0 saturated heterocycles. The molecular formula is C19H25N3O3S2. The molecule has 27 heavy (non-hydrogen) atoms. The summed E-state index contributed by atoms with van der Waals surface area (Å²) in [6.45, 7) is 5.98. The molecule has 0 saturated carbocycles. The second kappa shape index (κ2) is 9.87. The third-order valence-corrected chi connectivity index (χ3v) is 5.89. The molecule has 2 rings (SSSR count). The van der Waals surface area contributed by atoms with Gasteiger partial charge in [0.2, 0.25) is 10.0 Å². The standard InChI is InChI=1S/C19H25N3O3S2/c1-4-26-18-11-17(9-10-20-18)19(23)21-12-15-5-7-16(8-6-15)13-27(24,25)22-14(2)3/h5-11,14,22H,4,12-13H2,1-3H3,(H,21,23). The second-order valence-corrected chi connectivity index (χ2v) is 9.38. The monoisotopic (exact) mass is 407 g/mol. The first-order valence-corrected chi connectivity index (χ1v) is 11.4. The van der Waals surface area contributed by atoms with Gasteiger partial charge < -0.3 is 5.32 Å². The van der Waals surface area contributed by atoms with Crippen LogP contribution in [0, 0.1) is 0 Å². The Morgan fingerprint density at radius 2 is 1.81 bits per heavy atom. The van der Waals surface area contributed by atoms with Crippen molar-refractivity contribution in [1.82, 2.24) is 15.0 Å². The van der Waals surface area contributed by atoms with E-state index in [1.54, 1.807) is 56.1 Å². The number of rotatable bonds is 9. The molecule has 146 valence electrons. The number of hydrogen-bond donors (Lipinski definition) is 2. The predicted octanol–water partition coefficient (Wildman–Crippen LogP) is 2.95. The number of benzene rings is 1. The fourth-order valence-electron chi connectivity index (χ4n) is 2.44. The largest absolute Gasteiger partial charge is 0.348 e. The smallest absolute Gasteiger partial charge is 0.251 e. The van der Waals surface area contributed by atoms with Gasteiger partial charge in [-0.3, -0.25) is 4.79 Å². The van der Waals surface area contributed by atoms with Gasteiger partial charge in [0.15, 0.2) is 0 Å². The van der Waals surface area contributed by atoms with E-state index in [9.17, 15) is 13.2 Å². The molecule has 0 unspecified atom stereocenters. The molecule has 2 aromatic rings. The summed E-state index contributed by atoms with van der Waals surface area (Å²) in [5, 5.41) is 3.70. The third-order valence-electron chi connectivity index (χ3n) is 3.54. The first kappa shape index (κ1) is 21.4. The zero-order valence-electron chi connectivity index (χ0n) is 15.7. The molecule has 1 aromatic heterocycles. The van der Waals surface area contributed by atoms with Crippen molar-refractivity contribution in [2.75, 3.05) is 5.75 Å². The van der Waals surface area contributed by atoms with Crippen molar-refractivity contribution in [3.05, 3.63) is 59.3 Å². The van der Waals surface area contributed by atoms with Gasteiger partial charge in [-0.1, -0.05) is 31.2 Å². The van der Waals surface area contributed by atoms with Gasteiger partial charge >= 0.3 is 0 Å². The number of thioether (sulfide) groups is 1. The van der Waals surface area contributed by atoms with Gasteiger partial charge in [-0.25, -0.2) is 18.1 Å². The van der Waals surface area contributed by atoms with Crippen LogP contribution in [-0.2, 0) is 22.3 Å². The zero-order chi connectivity index (χ0) is 19.9. The summed E-state index contributed by atoms with van der Waals surface area (Å²) in [6, 6.07) is 10.5. The SMILES string of the molecule is CCSc1cc(C(=O)NCc2ccc(CS(=O)(=O)NC(C)C)cc2)ccn1. The van der Waals surface area contributed by atoms with Crippen LogP contribution in [0.1, 0.15) is 42.3 Å². The van der Waals surface area contributed by atoms with E-state index in [-0.39, 0.29) is 17.7 Å². The van der Waals surface area contributed by atoms with Gasteiger partial charge in [0.25, 0.3) is 5.91 Å². The summed E-state index contributed by atoms with van der Waals surface area (Å²) in [5.74, 6) is 0.669. The van der Waals surface area contributed by atoms with Crippen LogP contribution in [-0.4, -0.2) is 31.1 Å². The number of hydrogen-bond acceptors (Lipinski definition) is 5. The highest BCUT2D eigenvalue weighted by molar-refractivity contribution is 7.99. The van der Waals surface area contributed by atoms with Gasteiger partial charge in [0.1, 0.15) is 0 Å². The minimum Gasteiger partial charge on any atom is -0.348 e. The van der Waals surface area contributed by atoms with Crippen LogP contribution in [0.5, 0.6) is 0 Å². The molecule has 0 aliphatic rings. The minimum atomic E-state index is -3.35. The van der Waals surface area contributed by atoms with Gasteiger partial charge in [-0.2, -0.15) is 0 Å². The Kier molecular flexibility index (Phi) is 7.82. The molecule has 1 heterocycles. The molecule has 0 radical (unpaired) electrons. The van der Waals surface area contributed by atoms with Crippen molar-refractivity contribution in [3.8, 4) is 0 Å². The normalized spacial score (nSPS) is 11.6. The Balaban J connectivity index is 1.93. The van der Waals surface area contributed by atoms with E-state index in [0.29, 0.717) is 17.7 Å². The van der Waals surface area contributed by atoms with E-state index in [0.717, 1.165) is 16.3 Å². The average Bonchev–Trinajstić information content (AvgIpc) is 2.60. The number of pyridine rings is 1. The molecule has 2 N–H and O–H groups in total. The Bertz CT molecular complexity index is 866. The summed E-state index contributed by atoms with van der Waals surface area (Å²) < 4.78 is 26.5. The van der Waals surface area contributed by atoms with Crippen molar-refractivity contribution in [2.45, 2.75) is 44.1 Å². The summed E-state index contributed by atoms with van der Waals surface area (Å²) in [7, 11) is -3.35.